The second-order valence-corrected chi connectivity index (χ2v) is 8.70. The van der Waals surface area contributed by atoms with Crippen LogP contribution in [0, 0.1) is 5.41 Å². The molecule has 1 aliphatic carbocycles. The summed E-state index contributed by atoms with van der Waals surface area (Å²) in [5, 5.41) is 16.6. The van der Waals surface area contributed by atoms with Crippen molar-refractivity contribution in [2.75, 3.05) is 40.4 Å². The molecule has 7 heteroatoms. The maximum absolute atomic E-state index is 9.64. The van der Waals surface area contributed by atoms with Crippen molar-refractivity contribution in [3.63, 3.8) is 0 Å². The minimum Gasteiger partial charge on any atom is -0.393 e. The van der Waals surface area contributed by atoms with Crippen molar-refractivity contribution in [3.8, 4) is 0 Å². The molecular weight excluding hydrogens is 491 g/mol. The summed E-state index contributed by atoms with van der Waals surface area (Å²) in [5.41, 5.74) is 2.96. The third kappa shape index (κ3) is 7.66. The van der Waals surface area contributed by atoms with Crippen molar-refractivity contribution in [1.82, 2.24) is 15.5 Å². The van der Waals surface area contributed by atoms with Gasteiger partial charge in [-0.2, -0.15) is 0 Å². The van der Waals surface area contributed by atoms with Crippen LogP contribution in [0.1, 0.15) is 49.7 Å². The number of halogens is 1. The number of piperidine rings is 1. The van der Waals surface area contributed by atoms with E-state index in [1.54, 1.807) is 7.11 Å². The lowest BCUT2D eigenvalue weighted by Crippen LogP contribution is -2.46. The van der Waals surface area contributed by atoms with Crippen molar-refractivity contribution in [1.29, 1.82) is 0 Å². The Kier molecular flexibility index (Phi) is 10.8. The Labute approximate surface area is 198 Å². The molecule has 1 saturated carbocycles. The fourth-order valence-corrected chi connectivity index (χ4v) is 4.29. The van der Waals surface area contributed by atoms with E-state index >= 15 is 0 Å². The molecule has 0 bridgehead atoms. The van der Waals surface area contributed by atoms with Crippen LogP contribution in [0.2, 0.25) is 0 Å². The smallest absolute Gasteiger partial charge is 0.191 e. The standard InChI is InChI=1S/C23H38N4O2.HI/c1-24-22(26-18-23(10-3-11-23)12-15-29-2)25-16-19-4-6-20(7-5-19)17-27-13-8-21(28)9-14-27;/h4-7,21,28H,3,8-18H2,1-2H3,(H2,24,25,26);1H. The molecule has 0 unspecified atom stereocenters. The van der Waals surface area contributed by atoms with Gasteiger partial charge in [0.05, 0.1) is 6.10 Å². The van der Waals surface area contributed by atoms with E-state index in [1.807, 2.05) is 7.05 Å². The number of benzene rings is 1. The molecule has 6 nitrogen and oxygen atoms in total. The van der Waals surface area contributed by atoms with E-state index in [0.717, 1.165) is 64.6 Å². The maximum Gasteiger partial charge on any atom is 0.191 e. The summed E-state index contributed by atoms with van der Waals surface area (Å²) in [4.78, 5) is 6.80. The number of nitrogens with one attached hydrogen (secondary N) is 2. The van der Waals surface area contributed by atoms with Crippen LogP contribution in [0.25, 0.3) is 0 Å². The molecule has 2 aliphatic rings. The Morgan fingerprint density at radius 2 is 1.83 bits per heavy atom. The van der Waals surface area contributed by atoms with Crippen LogP contribution in [-0.4, -0.2) is 62.5 Å². The molecule has 1 aliphatic heterocycles. The van der Waals surface area contributed by atoms with E-state index in [4.69, 9.17) is 4.74 Å². The number of aliphatic imine (C=N–C) groups is 1. The van der Waals surface area contributed by atoms with Gasteiger partial charge in [-0.05, 0) is 48.6 Å². The first kappa shape index (κ1) is 25.4. The zero-order valence-electron chi connectivity index (χ0n) is 18.5. The molecule has 0 amide bonds. The molecule has 3 rings (SSSR count). The van der Waals surface area contributed by atoms with Gasteiger partial charge in [0.25, 0.3) is 0 Å². The van der Waals surface area contributed by atoms with Crippen LogP contribution in [-0.2, 0) is 17.8 Å². The van der Waals surface area contributed by atoms with Crippen LogP contribution < -0.4 is 10.6 Å². The molecule has 1 aromatic carbocycles. The first-order valence-corrected chi connectivity index (χ1v) is 11.0. The highest BCUT2D eigenvalue weighted by molar-refractivity contribution is 14.0. The summed E-state index contributed by atoms with van der Waals surface area (Å²) in [7, 11) is 3.61. The number of rotatable bonds is 9. The van der Waals surface area contributed by atoms with Crippen LogP contribution in [0.15, 0.2) is 29.3 Å². The van der Waals surface area contributed by atoms with Gasteiger partial charge in [-0.15, -0.1) is 24.0 Å². The molecule has 0 atom stereocenters. The molecule has 1 aromatic rings. The largest absolute Gasteiger partial charge is 0.393 e. The number of aliphatic hydroxyl groups is 1. The van der Waals surface area contributed by atoms with Gasteiger partial charge < -0.3 is 20.5 Å². The molecule has 170 valence electrons. The molecular formula is C23H39IN4O2. The van der Waals surface area contributed by atoms with Crippen molar-refractivity contribution in [2.24, 2.45) is 10.4 Å². The summed E-state index contributed by atoms with van der Waals surface area (Å²) in [6, 6.07) is 8.82. The van der Waals surface area contributed by atoms with E-state index in [2.05, 4.69) is 44.8 Å². The Morgan fingerprint density at radius 1 is 1.17 bits per heavy atom. The summed E-state index contributed by atoms with van der Waals surface area (Å²) < 4.78 is 5.29. The Bertz CT molecular complexity index is 641. The van der Waals surface area contributed by atoms with Crippen LogP contribution in [0.5, 0.6) is 0 Å². The third-order valence-electron chi connectivity index (χ3n) is 6.55. The number of methoxy groups -OCH3 is 1. The summed E-state index contributed by atoms with van der Waals surface area (Å²) in [6.45, 7) is 5.49. The van der Waals surface area contributed by atoms with Crippen molar-refractivity contribution < 1.29 is 9.84 Å². The zero-order valence-corrected chi connectivity index (χ0v) is 20.9. The number of hydrogen-bond acceptors (Lipinski definition) is 4. The van der Waals surface area contributed by atoms with E-state index in [1.165, 1.54) is 30.4 Å². The van der Waals surface area contributed by atoms with Gasteiger partial charge in [0.2, 0.25) is 0 Å². The lowest BCUT2D eigenvalue weighted by atomic mass is 9.67. The highest BCUT2D eigenvalue weighted by Crippen LogP contribution is 2.43. The van der Waals surface area contributed by atoms with E-state index in [0.29, 0.717) is 5.41 Å². The van der Waals surface area contributed by atoms with E-state index < -0.39 is 0 Å². The SMILES string of the molecule is CN=C(NCc1ccc(CN2CCC(O)CC2)cc1)NCC1(CCOC)CCC1.I. The molecule has 0 aromatic heterocycles. The Hall–Kier alpha value is -0.900. The average Bonchev–Trinajstić information content (AvgIpc) is 2.72. The minimum absolute atomic E-state index is 0. The molecule has 0 spiro atoms. The number of aliphatic hydroxyl groups excluding tert-OH is 1. The minimum atomic E-state index is -0.109. The average molecular weight is 530 g/mol. The third-order valence-corrected chi connectivity index (χ3v) is 6.55. The molecule has 1 heterocycles. The van der Waals surface area contributed by atoms with Crippen molar-refractivity contribution in [3.05, 3.63) is 35.4 Å². The first-order valence-electron chi connectivity index (χ1n) is 11.0. The highest BCUT2D eigenvalue weighted by atomic mass is 127. The predicted molar refractivity (Wildman–Crippen MR) is 133 cm³/mol. The zero-order chi connectivity index (χ0) is 20.5. The molecule has 3 N–H and O–H groups in total. The fourth-order valence-electron chi connectivity index (χ4n) is 4.29. The lowest BCUT2D eigenvalue weighted by Gasteiger charge is -2.42. The van der Waals surface area contributed by atoms with Crippen LogP contribution in [0.4, 0.5) is 0 Å². The summed E-state index contributed by atoms with van der Waals surface area (Å²) in [6.07, 6.45) is 6.66. The normalized spacial score (nSPS) is 19.6. The van der Waals surface area contributed by atoms with Crippen LogP contribution in [0.3, 0.4) is 0 Å². The quantitative estimate of drug-likeness (QED) is 0.260. The molecule has 2 fully saturated rings. The van der Waals surface area contributed by atoms with Gasteiger partial charge in [-0.25, -0.2) is 0 Å². The van der Waals surface area contributed by atoms with Crippen LogP contribution >= 0.6 is 24.0 Å². The lowest BCUT2D eigenvalue weighted by molar-refractivity contribution is 0.0732. The Balaban J connectivity index is 0.00000320. The van der Waals surface area contributed by atoms with E-state index in [9.17, 15) is 5.11 Å². The number of ether oxygens (including phenoxy) is 1. The monoisotopic (exact) mass is 530 g/mol. The van der Waals surface area contributed by atoms with Gasteiger partial charge in [0.15, 0.2) is 5.96 Å². The summed E-state index contributed by atoms with van der Waals surface area (Å²) in [5.74, 6) is 0.865. The topological polar surface area (TPSA) is 69.1 Å². The second-order valence-electron chi connectivity index (χ2n) is 8.70. The van der Waals surface area contributed by atoms with Crippen molar-refractivity contribution in [2.45, 2.75) is 57.7 Å². The number of hydrogen-bond donors (Lipinski definition) is 3. The molecule has 0 radical (unpaired) electrons. The van der Waals surface area contributed by atoms with Gasteiger partial charge in [0.1, 0.15) is 0 Å². The van der Waals surface area contributed by atoms with Gasteiger partial charge >= 0.3 is 0 Å². The highest BCUT2D eigenvalue weighted by Gasteiger charge is 2.36. The fraction of sp³-hybridized carbons (Fsp3) is 0.696. The Morgan fingerprint density at radius 3 is 2.40 bits per heavy atom. The van der Waals surface area contributed by atoms with Gasteiger partial charge in [0, 0.05) is 53.5 Å². The molecule has 1 saturated heterocycles. The second kappa shape index (κ2) is 12.8. The number of nitrogens with zero attached hydrogens (tertiary/aromatic N) is 2. The number of guanidine groups is 1. The number of likely N-dealkylation sites (tertiary alicyclic amines) is 1. The van der Waals surface area contributed by atoms with Gasteiger partial charge in [-0.3, -0.25) is 9.89 Å². The van der Waals surface area contributed by atoms with E-state index in [-0.39, 0.29) is 30.1 Å². The summed E-state index contributed by atoms with van der Waals surface area (Å²) >= 11 is 0. The van der Waals surface area contributed by atoms with Gasteiger partial charge in [-0.1, -0.05) is 30.7 Å². The first-order chi connectivity index (χ1) is 14.1. The van der Waals surface area contributed by atoms with Crippen molar-refractivity contribution >= 4 is 29.9 Å². The predicted octanol–water partition coefficient (Wildman–Crippen LogP) is 3.13. The molecule has 30 heavy (non-hydrogen) atoms. The maximum atomic E-state index is 9.64.